The molecule has 8 aromatic rings. The lowest BCUT2D eigenvalue weighted by atomic mass is 9.84. The molecule has 0 radical (unpaired) electrons. The van der Waals surface area contributed by atoms with Gasteiger partial charge in [0.1, 0.15) is 11.5 Å². The highest BCUT2D eigenvalue weighted by molar-refractivity contribution is 6.17. The number of aromatic carboxylic acids is 4. The van der Waals surface area contributed by atoms with Crippen LogP contribution in [0.5, 0.6) is 11.5 Å². The lowest BCUT2D eigenvalue weighted by Gasteiger charge is -2.23. The van der Waals surface area contributed by atoms with E-state index in [4.69, 9.17) is 9.47 Å². The first kappa shape index (κ1) is 40.5. The molecule has 4 N–H and O–H groups in total. The minimum atomic E-state index is -1.05. The third-order valence-electron chi connectivity index (χ3n) is 10.9. The Hall–Kier alpha value is -8.24. The molecule has 0 aromatic heterocycles. The molecule has 0 aliphatic carbocycles. The molecule has 10 heteroatoms. The average Bonchev–Trinajstić information content (AvgIpc) is 3.28. The van der Waals surface area contributed by atoms with Crippen LogP contribution in [0, 0.1) is 0 Å². The summed E-state index contributed by atoms with van der Waals surface area (Å²) in [4.78, 5) is 47.1. The normalized spacial score (nSPS) is 11.1. The van der Waals surface area contributed by atoms with Crippen molar-refractivity contribution in [3.63, 3.8) is 0 Å². The van der Waals surface area contributed by atoms with E-state index >= 15 is 0 Å². The Morgan fingerprint density at radius 2 is 0.629 bits per heavy atom. The molecular formula is C52H38O10. The van der Waals surface area contributed by atoms with Crippen LogP contribution in [0.1, 0.15) is 55.3 Å². The largest absolute Gasteiger partial charge is 0.493 e. The number of benzene rings is 8. The van der Waals surface area contributed by atoms with E-state index in [0.717, 1.165) is 77.2 Å². The molecule has 62 heavy (non-hydrogen) atoms. The molecule has 8 aromatic carbocycles. The number of carboxylic acid groups (broad SMARTS) is 4. The quantitative estimate of drug-likeness (QED) is 0.0878. The zero-order valence-electron chi connectivity index (χ0n) is 33.5. The molecule has 306 valence electrons. The van der Waals surface area contributed by atoms with Crippen molar-refractivity contribution in [1.82, 2.24) is 0 Å². The molecule has 0 saturated heterocycles. The van der Waals surface area contributed by atoms with Gasteiger partial charge in [-0.1, -0.05) is 72.8 Å². The second-order valence-electron chi connectivity index (χ2n) is 14.5. The number of rotatable bonds is 13. The van der Waals surface area contributed by atoms with Crippen molar-refractivity contribution in [2.24, 2.45) is 0 Å². The highest BCUT2D eigenvalue weighted by Gasteiger charge is 2.25. The maximum Gasteiger partial charge on any atom is 0.335 e. The van der Waals surface area contributed by atoms with Crippen LogP contribution in [0.25, 0.3) is 77.2 Å². The third kappa shape index (κ3) is 7.68. The number of hydrogen-bond acceptors (Lipinski definition) is 6. The van der Waals surface area contributed by atoms with Crippen LogP contribution in [0.2, 0.25) is 0 Å². The Bertz CT molecular complexity index is 2850. The second-order valence-corrected chi connectivity index (χ2v) is 14.5. The zero-order valence-corrected chi connectivity index (χ0v) is 33.5. The van der Waals surface area contributed by atoms with Gasteiger partial charge in [0.25, 0.3) is 0 Å². The predicted molar refractivity (Wildman–Crippen MR) is 239 cm³/mol. The van der Waals surface area contributed by atoms with E-state index in [1.165, 1.54) is 0 Å². The number of fused-ring (bicyclic) bond motifs is 2. The van der Waals surface area contributed by atoms with Crippen LogP contribution in [0.15, 0.2) is 146 Å². The first-order chi connectivity index (χ1) is 29.9. The molecule has 0 unspecified atom stereocenters. The lowest BCUT2D eigenvalue weighted by Crippen LogP contribution is -2.02. The Balaban J connectivity index is 1.46. The third-order valence-corrected chi connectivity index (χ3v) is 10.9. The predicted octanol–water partition coefficient (Wildman–Crippen LogP) is 11.9. The van der Waals surface area contributed by atoms with Crippen molar-refractivity contribution in [2.45, 2.75) is 13.8 Å². The Morgan fingerprint density at radius 3 is 0.903 bits per heavy atom. The standard InChI is InChI=1S/C52H38O10/c1-3-61-45-27-41(31-9-17-35(18-10-31)51(57)58)43-25-37(29-5-13-33(14-6-29)49(53)54)21-23-39(43)47(45)48-40-24-22-38(30-7-15-34(16-8-30)50(55)56)26-44(40)42(28-46(48)62-4-2)32-11-19-36(20-12-32)52(59)60/h5-28H,3-4H2,1-2H3,(H,53,54)(H,55,56)(H,57,58)(H,59,60). The zero-order chi connectivity index (χ0) is 43.7. The van der Waals surface area contributed by atoms with Crippen LogP contribution in [0.3, 0.4) is 0 Å². The molecule has 0 atom stereocenters. The highest BCUT2D eigenvalue weighted by Crippen LogP contribution is 2.51. The van der Waals surface area contributed by atoms with Gasteiger partial charge in [-0.2, -0.15) is 0 Å². The number of carbonyl (C=O) groups is 4. The number of ether oxygens (including phenoxy) is 2. The van der Waals surface area contributed by atoms with Gasteiger partial charge in [0.2, 0.25) is 0 Å². The molecule has 0 fully saturated rings. The first-order valence-corrected chi connectivity index (χ1v) is 19.8. The van der Waals surface area contributed by atoms with Gasteiger partial charge in [0.05, 0.1) is 35.5 Å². The molecule has 0 heterocycles. The summed E-state index contributed by atoms with van der Waals surface area (Å²) in [5, 5.41) is 41.7. The van der Waals surface area contributed by atoms with Crippen LogP contribution in [-0.2, 0) is 0 Å². The topological polar surface area (TPSA) is 168 Å². The molecule has 0 bridgehead atoms. The fourth-order valence-corrected chi connectivity index (χ4v) is 7.88. The van der Waals surface area contributed by atoms with Crippen molar-refractivity contribution >= 4 is 45.4 Å². The second kappa shape index (κ2) is 16.8. The van der Waals surface area contributed by atoms with Gasteiger partial charge >= 0.3 is 23.9 Å². The van der Waals surface area contributed by atoms with Crippen molar-refractivity contribution in [3.8, 4) is 67.1 Å². The van der Waals surface area contributed by atoms with E-state index in [9.17, 15) is 39.6 Å². The van der Waals surface area contributed by atoms with E-state index < -0.39 is 23.9 Å². The first-order valence-electron chi connectivity index (χ1n) is 19.8. The average molecular weight is 823 g/mol. The SMILES string of the molecule is CCOc1cc(-c2ccc(C(=O)O)cc2)c2cc(-c3ccc(C(=O)O)cc3)ccc2c1-c1c(OCC)cc(-c2ccc(C(=O)O)cc2)c2cc(-c3ccc(C(=O)O)cc3)ccc12. The Morgan fingerprint density at radius 1 is 0.355 bits per heavy atom. The Labute approximate surface area is 355 Å². The van der Waals surface area contributed by atoms with Crippen LogP contribution in [0.4, 0.5) is 0 Å². The molecule has 0 saturated carbocycles. The minimum absolute atomic E-state index is 0.140. The van der Waals surface area contributed by atoms with E-state index in [0.29, 0.717) is 24.7 Å². The molecule has 10 nitrogen and oxygen atoms in total. The van der Waals surface area contributed by atoms with Gasteiger partial charge in [-0.3, -0.25) is 0 Å². The van der Waals surface area contributed by atoms with Crippen LogP contribution in [-0.4, -0.2) is 57.5 Å². The van der Waals surface area contributed by atoms with Gasteiger partial charge in [0.15, 0.2) is 0 Å². The van der Waals surface area contributed by atoms with Crippen molar-refractivity contribution in [3.05, 3.63) is 168 Å². The fourth-order valence-electron chi connectivity index (χ4n) is 7.88. The summed E-state index contributed by atoms with van der Waals surface area (Å²) in [6.07, 6.45) is 0. The summed E-state index contributed by atoms with van der Waals surface area (Å²) in [5.41, 5.74) is 8.36. The Kier molecular flexibility index (Phi) is 11.0. The van der Waals surface area contributed by atoms with E-state index in [1.807, 2.05) is 62.4 Å². The number of carboxylic acids is 4. The molecule has 0 amide bonds. The molecular weight excluding hydrogens is 785 g/mol. The molecule has 0 aliphatic heterocycles. The van der Waals surface area contributed by atoms with Crippen LogP contribution >= 0.6 is 0 Å². The molecule has 8 rings (SSSR count). The maximum absolute atomic E-state index is 11.8. The summed E-state index contributed by atoms with van der Waals surface area (Å²) in [6, 6.07) is 42.5. The summed E-state index contributed by atoms with van der Waals surface area (Å²) < 4.78 is 13.0. The monoisotopic (exact) mass is 822 g/mol. The van der Waals surface area contributed by atoms with Gasteiger partial charge in [-0.25, -0.2) is 19.2 Å². The van der Waals surface area contributed by atoms with Gasteiger partial charge in [-0.15, -0.1) is 0 Å². The van der Waals surface area contributed by atoms with Gasteiger partial charge in [0, 0.05) is 11.1 Å². The van der Waals surface area contributed by atoms with Crippen molar-refractivity contribution in [2.75, 3.05) is 13.2 Å². The summed E-state index contributed by atoms with van der Waals surface area (Å²) in [6.45, 7) is 4.42. The van der Waals surface area contributed by atoms with E-state index in [-0.39, 0.29) is 22.3 Å². The lowest BCUT2D eigenvalue weighted by molar-refractivity contribution is 0.0686. The smallest absolute Gasteiger partial charge is 0.335 e. The van der Waals surface area contributed by atoms with Crippen molar-refractivity contribution < 1.29 is 49.1 Å². The van der Waals surface area contributed by atoms with Crippen LogP contribution < -0.4 is 9.47 Å². The van der Waals surface area contributed by atoms with Crippen molar-refractivity contribution in [1.29, 1.82) is 0 Å². The summed E-state index contributed by atoms with van der Waals surface area (Å²) >= 11 is 0. The minimum Gasteiger partial charge on any atom is -0.493 e. The van der Waals surface area contributed by atoms with E-state index in [2.05, 4.69) is 0 Å². The summed E-state index contributed by atoms with van der Waals surface area (Å²) in [7, 11) is 0. The summed E-state index contributed by atoms with van der Waals surface area (Å²) in [5.74, 6) is -3.06. The van der Waals surface area contributed by atoms with E-state index in [1.54, 1.807) is 97.1 Å². The fraction of sp³-hybridized carbons (Fsp3) is 0.0769. The molecule has 0 spiro atoms. The number of hydrogen-bond donors (Lipinski definition) is 4. The van der Waals surface area contributed by atoms with Gasteiger partial charge < -0.3 is 29.9 Å². The van der Waals surface area contributed by atoms with Gasteiger partial charge in [-0.05, 0) is 153 Å². The highest BCUT2D eigenvalue weighted by atomic mass is 16.5. The maximum atomic E-state index is 11.8. The molecule has 0 aliphatic rings.